The van der Waals surface area contributed by atoms with Crippen LogP contribution in [0.25, 0.3) is 16.5 Å². The van der Waals surface area contributed by atoms with Crippen LogP contribution in [0.5, 0.6) is 5.88 Å². The SMILES string of the molecule is COc1nccc2cc(NC(=O)C(Cc3ccccc3)N3CC(=O)N(c4cc(Cl)ccc4-n4cc(Cl)nn4)CC3=O)ccc12. The molecule has 6 rings (SSSR count). The van der Waals surface area contributed by atoms with Crippen LogP contribution in [0.2, 0.25) is 10.2 Å². The van der Waals surface area contributed by atoms with Crippen molar-refractivity contribution in [1.82, 2.24) is 24.9 Å². The zero-order chi connectivity index (χ0) is 30.8. The number of nitrogens with zero attached hydrogens (tertiary/aromatic N) is 6. The molecule has 3 amide bonds. The van der Waals surface area contributed by atoms with E-state index in [1.807, 2.05) is 36.4 Å². The van der Waals surface area contributed by atoms with Gasteiger partial charge in [0, 0.05) is 28.7 Å². The molecule has 3 aromatic carbocycles. The molecule has 2 aromatic heterocycles. The van der Waals surface area contributed by atoms with Gasteiger partial charge in [-0.15, -0.1) is 5.10 Å². The van der Waals surface area contributed by atoms with E-state index in [1.54, 1.807) is 49.7 Å². The van der Waals surface area contributed by atoms with Crippen molar-refractivity contribution in [1.29, 1.82) is 0 Å². The Bertz CT molecular complexity index is 1880. The Kier molecular flexibility index (Phi) is 8.14. The highest BCUT2D eigenvalue weighted by Gasteiger charge is 2.39. The van der Waals surface area contributed by atoms with E-state index in [9.17, 15) is 14.4 Å². The van der Waals surface area contributed by atoms with Crippen LogP contribution in [0, 0.1) is 0 Å². The zero-order valence-corrected chi connectivity index (χ0v) is 24.9. The predicted molar refractivity (Wildman–Crippen MR) is 166 cm³/mol. The highest BCUT2D eigenvalue weighted by molar-refractivity contribution is 6.31. The topological polar surface area (TPSA) is 123 Å². The summed E-state index contributed by atoms with van der Waals surface area (Å²) in [7, 11) is 1.54. The number of amides is 3. The summed E-state index contributed by atoms with van der Waals surface area (Å²) >= 11 is 12.3. The summed E-state index contributed by atoms with van der Waals surface area (Å²) in [5.41, 5.74) is 2.19. The van der Waals surface area contributed by atoms with Crippen LogP contribution < -0.4 is 15.0 Å². The van der Waals surface area contributed by atoms with Gasteiger partial charge < -0.3 is 15.0 Å². The molecule has 3 heterocycles. The average molecular weight is 630 g/mol. The molecule has 11 nitrogen and oxygen atoms in total. The van der Waals surface area contributed by atoms with Crippen molar-refractivity contribution >= 4 is 63.1 Å². The van der Waals surface area contributed by atoms with Gasteiger partial charge in [0.05, 0.1) is 24.7 Å². The minimum absolute atomic E-state index is 0.162. The normalized spacial score (nSPS) is 14.2. The summed E-state index contributed by atoms with van der Waals surface area (Å²) in [6.45, 7) is -0.635. The second-order valence-corrected chi connectivity index (χ2v) is 10.9. The third kappa shape index (κ3) is 5.92. The third-order valence-corrected chi connectivity index (χ3v) is 7.71. The van der Waals surface area contributed by atoms with E-state index in [4.69, 9.17) is 27.9 Å². The molecule has 1 saturated heterocycles. The van der Waals surface area contributed by atoms with E-state index in [-0.39, 0.29) is 24.7 Å². The quantitative estimate of drug-likeness (QED) is 0.267. The molecule has 0 bridgehead atoms. The van der Waals surface area contributed by atoms with Crippen molar-refractivity contribution in [3.8, 4) is 11.6 Å². The lowest BCUT2D eigenvalue weighted by atomic mass is 10.0. The third-order valence-electron chi connectivity index (χ3n) is 7.30. The summed E-state index contributed by atoms with van der Waals surface area (Å²) in [6, 6.07) is 20.4. The summed E-state index contributed by atoms with van der Waals surface area (Å²) in [5.74, 6) is -0.753. The van der Waals surface area contributed by atoms with Gasteiger partial charge in [-0.3, -0.25) is 19.3 Å². The van der Waals surface area contributed by atoms with Crippen molar-refractivity contribution in [3.63, 3.8) is 0 Å². The van der Waals surface area contributed by atoms with Gasteiger partial charge in [0.2, 0.25) is 23.6 Å². The number of fused-ring (bicyclic) bond motifs is 1. The van der Waals surface area contributed by atoms with E-state index < -0.39 is 23.8 Å². The molecule has 1 aliphatic rings. The number of rotatable bonds is 8. The highest BCUT2D eigenvalue weighted by atomic mass is 35.5. The molecule has 1 fully saturated rings. The number of carbonyl (C=O) groups is 3. The lowest BCUT2D eigenvalue weighted by Crippen LogP contribution is -2.60. The summed E-state index contributed by atoms with van der Waals surface area (Å²) in [4.78, 5) is 48.1. The molecule has 1 atom stereocenters. The molecular weight excluding hydrogens is 605 g/mol. The molecule has 0 spiro atoms. The Morgan fingerprint density at radius 1 is 0.977 bits per heavy atom. The van der Waals surface area contributed by atoms with Gasteiger partial charge in [-0.25, -0.2) is 9.67 Å². The Balaban J connectivity index is 1.29. The van der Waals surface area contributed by atoms with Crippen LogP contribution in [0.15, 0.2) is 85.2 Å². The van der Waals surface area contributed by atoms with Crippen LogP contribution in [0.4, 0.5) is 11.4 Å². The highest BCUT2D eigenvalue weighted by Crippen LogP contribution is 2.31. The van der Waals surface area contributed by atoms with Crippen molar-refractivity contribution in [2.75, 3.05) is 30.4 Å². The summed E-state index contributed by atoms with van der Waals surface area (Å²) in [6.07, 6.45) is 3.31. The number of benzene rings is 3. The van der Waals surface area contributed by atoms with Gasteiger partial charge in [-0.05, 0) is 53.4 Å². The first-order valence-electron chi connectivity index (χ1n) is 13.6. The summed E-state index contributed by atoms with van der Waals surface area (Å²) < 4.78 is 6.74. The number of halogens is 2. The van der Waals surface area contributed by atoms with Crippen molar-refractivity contribution in [2.24, 2.45) is 0 Å². The van der Waals surface area contributed by atoms with E-state index in [0.717, 1.165) is 16.3 Å². The van der Waals surface area contributed by atoms with E-state index in [2.05, 4.69) is 20.6 Å². The van der Waals surface area contributed by atoms with E-state index in [1.165, 1.54) is 20.7 Å². The lowest BCUT2D eigenvalue weighted by molar-refractivity contribution is -0.143. The maximum absolute atomic E-state index is 13.8. The van der Waals surface area contributed by atoms with Crippen LogP contribution in [0.3, 0.4) is 0 Å². The first-order valence-corrected chi connectivity index (χ1v) is 14.3. The predicted octanol–water partition coefficient (Wildman–Crippen LogP) is 4.56. The van der Waals surface area contributed by atoms with Gasteiger partial charge in [-0.2, -0.15) is 0 Å². The number of nitrogens with one attached hydrogen (secondary N) is 1. The first-order chi connectivity index (χ1) is 21.3. The van der Waals surface area contributed by atoms with Crippen molar-refractivity contribution in [3.05, 3.63) is 101 Å². The molecule has 222 valence electrons. The number of hydrogen-bond donors (Lipinski definition) is 1. The standard InChI is InChI=1S/C31H25Cl2N7O4/c1-44-31-23-9-8-22(14-20(23)11-12-34-31)35-30(43)26(13-19-5-3-2-4-6-19)39-18-28(41)38(17-29(39)42)25-15-21(32)7-10-24(25)40-16-27(33)36-37-40/h2-12,14-16,26H,13,17-18H2,1H3,(H,35,43). The smallest absolute Gasteiger partial charge is 0.247 e. The first kappa shape index (κ1) is 29.1. The lowest BCUT2D eigenvalue weighted by Gasteiger charge is -2.38. The molecule has 0 radical (unpaired) electrons. The number of anilines is 2. The molecule has 44 heavy (non-hydrogen) atoms. The molecule has 5 aromatic rings. The molecule has 13 heteroatoms. The minimum Gasteiger partial charge on any atom is -0.481 e. The fourth-order valence-corrected chi connectivity index (χ4v) is 5.50. The molecule has 0 saturated carbocycles. The second kappa shape index (κ2) is 12.3. The van der Waals surface area contributed by atoms with Crippen LogP contribution in [-0.4, -0.2) is 68.8 Å². The number of piperazine rings is 1. The average Bonchev–Trinajstić information content (AvgIpc) is 3.46. The number of ether oxygens (including phenoxy) is 1. The number of carbonyl (C=O) groups excluding carboxylic acids is 3. The van der Waals surface area contributed by atoms with E-state index in [0.29, 0.717) is 28.0 Å². The van der Waals surface area contributed by atoms with E-state index >= 15 is 0 Å². The molecule has 1 aliphatic heterocycles. The van der Waals surface area contributed by atoms with Crippen molar-refractivity contribution < 1.29 is 19.1 Å². The fourth-order valence-electron chi connectivity index (χ4n) is 5.20. The van der Waals surface area contributed by atoms with Gasteiger partial charge in [-0.1, -0.05) is 58.7 Å². The number of hydrogen-bond acceptors (Lipinski definition) is 7. The summed E-state index contributed by atoms with van der Waals surface area (Å²) in [5, 5.41) is 12.9. The fraction of sp³-hybridized carbons (Fsp3) is 0.161. The van der Waals surface area contributed by atoms with Gasteiger partial charge >= 0.3 is 0 Å². The maximum Gasteiger partial charge on any atom is 0.247 e. The Hall–Kier alpha value is -5.00. The molecule has 1 N–H and O–H groups in total. The Morgan fingerprint density at radius 3 is 2.55 bits per heavy atom. The minimum atomic E-state index is -0.966. The van der Waals surface area contributed by atoms with Crippen LogP contribution >= 0.6 is 23.2 Å². The van der Waals surface area contributed by atoms with Crippen LogP contribution in [-0.2, 0) is 20.8 Å². The molecule has 1 unspecified atom stereocenters. The van der Waals surface area contributed by atoms with Gasteiger partial charge in [0.15, 0.2) is 5.15 Å². The molecular formula is C31H25Cl2N7O4. The monoisotopic (exact) mass is 629 g/mol. The zero-order valence-electron chi connectivity index (χ0n) is 23.4. The Labute approximate surface area is 261 Å². The number of methoxy groups -OCH3 is 1. The number of pyridine rings is 1. The number of aromatic nitrogens is 4. The maximum atomic E-state index is 13.8. The Morgan fingerprint density at radius 2 is 1.80 bits per heavy atom. The molecule has 0 aliphatic carbocycles. The van der Waals surface area contributed by atoms with Crippen molar-refractivity contribution in [2.45, 2.75) is 12.5 Å². The second-order valence-electron chi connectivity index (χ2n) is 10.1. The van der Waals surface area contributed by atoms with Crippen LogP contribution in [0.1, 0.15) is 5.56 Å². The van der Waals surface area contributed by atoms with Gasteiger partial charge in [0.1, 0.15) is 19.1 Å². The largest absolute Gasteiger partial charge is 0.481 e. The van der Waals surface area contributed by atoms with Gasteiger partial charge in [0.25, 0.3) is 0 Å².